The van der Waals surface area contributed by atoms with Crippen molar-refractivity contribution in [3.05, 3.63) is 29.8 Å². The van der Waals surface area contributed by atoms with Crippen molar-refractivity contribution in [3.63, 3.8) is 0 Å². The number of hydrogen-bond donors (Lipinski definition) is 1. The van der Waals surface area contributed by atoms with Crippen molar-refractivity contribution in [1.82, 2.24) is 4.90 Å². The number of likely N-dealkylation sites (tertiary alicyclic amines) is 1. The van der Waals surface area contributed by atoms with Gasteiger partial charge in [-0.15, -0.1) is 0 Å². The molecule has 2 rings (SSSR count). The molecule has 1 N–H and O–H groups in total. The summed E-state index contributed by atoms with van der Waals surface area (Å²) in [7, 11) is 0. The Labute approximate surface area is 141 Å². The maximum Gasteiger partial charge on any atom is 0.329 e. The van der Waals surface area contributed by atoms with Crippen molar-refractivity contribution in [3.8, 4) is 5.75 Å². The Morgan fingerprint density at radius 1 is 1.25 bits per heavy atom. The van der Waals surface area contributed by atoms with Crippen molar-refractivity contribution < 1.29 is 24.2 Å². The zero-order chi connectivity index (χ0) is 17.7. The summed E-state index contributed by atoms with van der Waals surface area (Å²) in [5.41, 5.74) is -0.458. The molecular formula is C18H23NO5. The molecule has 1 aliphatic rings. The van der Waals surface area contributed by atoms with Gasteiger partial charge in [0.1, 0.15) is 11.3 Å². The molecule has 1 amide bonds. The van der Waals surface area contributed by atoms with Crippen LogP contribution in [0.25, 0.3) is 0 Å². The molecule has 1 unspecified atom stereocenters. The highest BCUT2D eigenvalue weighted by atomic mass is 16.5. The van der Waals surface area contributed by atoms with E-state index in [1.807, 2.05) is 0 Å². The Kier molecular flexibility index (Phi) is 5.59. The highest BCUT2D eigenvalue weighted by Gasteiger charge is 2.45. The number of ketones is 1. The Morgan fingerprint density at radius 2 is 1.92 bits per heavy atom. The number of benzene rings is 1. The topological polar surface area (TPSA) is 83.9 Å². The number of nitrogens with zero attached hydrogens (tertiary/aromatic N) is 1. The van der Waals surface area contributed by atoms with Gasteiger partial charge in [-0.05, 0) is 57.4 Å². The summed E-state index contributed by atoms with van der Waals surface area (Å²) in [4.78, 5) is 36.3. The summed E-state index contributed by atoms with van der Waals surface area (Å²) >= 11 is 0. The van der Waals surface area contributed by atoms with E-state index in [-0.39, 0.29) is 18.1 Å². The maximum absolute atomic E-state index is 12.3. The molecule has 6 nitrogen and oxygen atoms in total. The van der Waals surface area contributed by atoms with Gasteiger partial charge in [0, 0.05) is 18.5 Å². The molecular weight excluding hydrogens is 310 g/mol. The lowest BCUT2D eigenvalue weighted by molar-refractivity contribution is -0.155. The number of amides is 1. The van der Waals surface area contributed by atoms with Crippen LogP contribution in [0, 0.1) is 0 Å². The average Bonchev–Trinajstić information content (AvgIpc) is 2.95. The van der Waals surface area contributed by atoms with Gasteiger partial charge in [-0.3, -0.25) is 9.59 Å². The minimum Gasteiger partial charge on any atom is -0.494 e. The zero-order valence-electron chi connectivity index (χ0n) is 14.1. The number of carbonyl (C=O) groups is 3. The molecule has 1 atom stereocenters. The van der Waals surface area contributed by atoms with E-state index < -0.39 is 11.5 Å². The van der Waals surface area contributed by atoms with Crippen molar-refractivity contribution in [2.45, 2.75) is 45.1 Å². The van der Waals surface area contributed by atoms with E-state index in [1.165, 1.54) is 11.8 Å². The maximum atomic E-state index is 12.3. The summed E-state index contributed by atoms with van der Waals surface area (Å²) in [5.74, 6) is -0.452. The first-order chi connectivity index (χ1) is 11.3. The molecule has 1 heterocycles. The molecule has 1 aromatic rings. The molecule has 1 aromatic carbocycles. The Bertz CT molecular complexity index is 625. The van der Waals surface area contributed by atoms with Gasteiger partial charge in [0.2, 0.25) is 5.91 Å². The Hall–Kier alpha value is -2.37. The van der Waals surface area contributed by atoms with E-state index in [9.17, 15) is 19.5 Å². The van der Waals surface area contributed by atoms with E-state index in [0.717, 1.165) is 0 Å². The van der Waals surface area contributed by atoms with Crippen molar-refractivity contribution >= 4 is 17.7 Å². The molecule has 0 aromatic heterocycles. The number of aliphatic carboxylic acids is 1. The van der Waals surface area contributed by atoms with E-state index in [4.69, 9.17) is 4.74 Å². The molecule has 1 saturated heterocycles. The fourth-order valence-electron chi connectivity index (χ4n) is 2.92. The van der Waals surface area contributed by atoms with Crippen molar-refractivity contribution in [2.24, 2.45) is 0 Å². The average molecular weight is 333 g/mol. The smallest absolute Gasteiger partial charge is 0.329 e. The lowest BCUT2D eigenvalue weighted by atomic mass is 9.99. The molecule has 130 valence electrons. The van der Waals surface area contributed by atoms with Gasteiger partial charge >= 0.3 is 5.97 Å². The summed E-state index contributed by atoms with van der Waals surface area (Å²) in [6.07, 6.45) is 1.98. The van der Waals surface area contributed by atoms with Gasteiger partial charge in [-0.1, -0.05) is 0 Å². The third kappa shape index (κ3) is 3.93. The number of carboxylic acids is 1. The van der Waals surface area contributed by atoms with Crippen LogP contribution < -0.4 is 4.74 Å². The second-order valence-corrected chi connectivity index (χ2v) is 6.26. The number of hydrogen-bond acceptors (Lipinski definition) is 4. The predicted octanol–water partition coefficient (Wildman–Crippen LogP) is 2.51. The standard InChI is InChI=1S/C18H23NO5/c1-13(20)14-6-8-15(9-7-14)24-12-3-5-16(21)19-11-4-10-18(19,2)17(22)23/h6-9H,3-5,10-12H2,1-2H3,(H,22,23). The number of ether oxygens (including phenoxy) is 1. The molecule has 0 spiro atoms. The van der Waals surface area contributed by atoms with E-state index in [2.05, 4.69) is 0 Å². The summed E-state index contributed by atoms with van der Waals surface area (Å²) < 4.78 is 5.55. The number of Topliss-reactive ketones (excluding diaryl/α,β-unsaturated/α-hetero) is 1. The molecule has 1 fully saturated rings. The molecule has 1 aliphatic heterocycles. The molecule has 0 saturated carbocycles. The van der Waals surface area contributed by atoms with Crippen LogP contribution >= 0.6 is 0 Å². The minimum atomic E-state index is -1.08. The van der Waals surface area contributed by atoms with Crippen LogP contribution in [-0.2, 0) is 9.59 Å². The third-order valence-electron chi connectivity index (χ3n) is 4.47. The third-order valence-corrected chi connectivity index (χ3v) is 4.47. The number of rotatable bonds is 7. The minimum absolute atomic E-state index is 0.000704. The van der Waals surface area contributed by atoms with Gasteiger partial charge < -0.3 is 14.7 Å². The normalized spacial score (nSPS) is 20.0. The fraction of sp³-hybridized carbons (Fsp3) is 0.500. The van der Waals surface area contributed by atoms with Gasteiger partial charge in [0.25, 0.3) is 0 Å². The zero-order valence-corrected chi connectivity index (χ0v) is 14.1. The van der Waals surface area contributed by atoms with Gasteiger partial charge in [-0.25, -0.2) is 4.79 Å². The lowest BCUT2D eigenvalue weighted by Crippen LogP contribution is -2.50. The van der Waals surface area contributed by atoms with Crippen LogP contribution in [0.3, 0.4) is 0 Å². The largest absolute Gasteiger partial charge is 0.494 e. The second-order valence-electron chi connectivity index (χ2n) is 6.26. The molecule has 0 aliphatic carbocycles. The van der Waals surface area contributed by atoms with Gasteiger partial charge in [0.05, 0.1) is 6.61 Å². The van der Waals surface area contributed by atoms with E-state index in [0.29, 0.717) is 43.7 Å². The van der Waals surface area contributed by atoms with E-state index >= 15 is 0 Å². The quantitative estimate of drug-likeness (QED) is 0.612. The lowest BCUT2D eigenvalue weighted by Gasteiger charge is -2.31. The highest BCUT2D eigenvalue weighted by molar-refractivity contribution is 5.94. The van der Waals surface area contributed by atoms with Crippen LogP contribution in [0.2, 0.25) is 0 Å². The van der Waals surface area contributed by atoms with Crippen molar-refractivity contribution in [2.75, 3.05) is 13.2 Å². The SMILES string of the molecule is CC(=O)c1ccc(OCCCC(=O)N2CCCC2(C)C(=O)O)cc1. The highest BCUT2D eigenvalue weighted by Crippen LogP contribution is 2.30. The summed E-state index contributed by atoms with van der Waals surface area (Å²) in [6.45, 7) is 3.97. The van der Waals surface area contributed by atoms with Crippen LogP contribution in [0.5, 0.6) is 5.75 Å². The Morgan fingerprint density at radius 3 is 2.50 bits per heavy atom. The monoisotopic (exact) mass is 333 g/mol. The predicted molar refractivity (Wildman–Crippen MR) is 88.2 cm³/mol. The van der Waals surface area contributed by atoms with Crippen LogP contribution in [0.1, 0.15) is 49.9 Å². The fourth-order valence-corrected chi connectivity index (χ4v) is 2.92. The first kappa shape index (κ1) is 18.0. The molecule has 0 bridgehead atoms. The van der Waals surface area contributed by atoms with Crippen LogP contribution in [-0.4, -0.2) is 46.4 Å². The molecule has 24 heavy (non-hydrogen) atoms. The van der Waals surface area contributed by atoms with Gasteiger partial charge in [-0.2, -0.15) is 0 Å². The Balaban J connectivity index is 1.78. The van der Waals surface area contributed by atoms with Crippen LogP contribution in [0.15, 0.2) is 24.3 Å². The summed E-state index contributed by atoms with van der Waals surface area (Å²) in [6, 6.07) is 6.84. The van der Waals surface area contributed by atoms with E-state index in [1.54, 1.807) is 31.2 Å². The van der Waals surface area contributed by atoms with Crippen molar-refractivity contribution in [1.29, 1.82) is 0 Å². The number of carbonyl (C=O) groups excluding carboxylic acids is 2. The second kappa shape index (κ2) is 7.47. The molecule has 6 heteroatoms. The molecule has 0 radical (unpaired) electrons. The van der Waals surface area contributed by atoms with Crippen LogP contribution in [0.4, 0.5) is 0 Å². The first-order valence-electron chi connectivity index (χ1n) is 8.12. The van der Waals surface area contributed by atoms with Gasteiger partial charge in [0.15, 0.2) is 5.78 Å². The number of carboxylic acid groups (broad SMARTS) is 1. The summed E-state index contributed by atoms with van der Waals surface area (Å²) in [5, 5.41) is 9.33. The first-order valence-corrected chi connectivity index (χ1v) is 8.12.